The van der Waals surface area contributed by atoms with E-state index in [9.17, 15) is 4.39 Å². The van der Waals surface area contributed by atoms with E-state index in [-0.39, 0.29) is 11.9 Å². The maximum Gasteiger partial charge on any atom is 0.131 e. The van der Waals surface area contributed by atoms with Crippen molar-refractivity contribution in [3.63, 3.8) is 0 Å². The number of methoxy groups -OCH3 is 2. The lowest BCUT2D eigenvalue weighted by Crippen LogP contribution is -2.28. The topological polar surface area (TPSA) is 33.7 Å². The van der Waals surface area contributed by atoms with Gasteiger partial charge in [-0.2, -0.15) is 0 Å². The number of nitrogens with one attached hydrogen (secondary N) is 1. The molecule has 2 atom stereocenters. The summed E-state index contributed by atoms with van der Waals surface area (Å²) >= 11 is 0. The fraction of sp³-hybridized carbons (Fsp3) is 0.625. The van der Waals surface area contributed by atoms with Crippen LogP contribution in [0.2, 0.25) is 0 Å². The Morgan fingerprint density at radius 3 is 2.86 bits per heavy atom. The minimum absolute atomic E-state index is 0.0530. The minimum Gasteiger partial charge on any atom is -0.496 e. The molecule has 0 radical (unpaired) electrons. The maximum absolute atomic E-state index is 14.1. The zero-order chi connectivity index (χ0) is 15.2. The van der Waals surface area contributed by atoms with Crippen LogP contribution < -0.4 is 10.1 Å². The Hall–Kier alpha value is -1.17. The fourth-order valence-corrected chi connectivity index (χ4v) is 2.97. The van der Waals surface area contributed by atoms with E-state index in [1.54, 1.807) is 26.4 Å². The Morgan fingerprint density at radius 2 is 2.24 bits per heavy atom. The Labute approximate surface area is 126 Å². The van der Waals surface area contributed by atoms with E-state index in [4.69, 9.17) is 9.47 Å². The molecular weight excluding hydrogens is 271 g/mol. The number of ether oxygens (including phenoxy) is 2. The van der Waals surface area contributed by atoms with Gasteiger partial charge in [0, 0.05) is 38.3 Å². The fourth-order valence-electron chi connectivity index (χ4n) is 2.97. The zero-order valence-corrected chi connectivity index (χ0v) is 13.1. The molecule has 4 nitrogen and oxygen atoms in total. The number of hydrogen-bond acceptors (Lipinski definition) is 4. The van der Waals surface area contributed by atoms with Crippen LogP contribution >= 0.6 is 0 Å². The molecule has 1 fully saturated rings. The molecule has 1 heterocycles. The largest absolute Gasteiger partial charge is 0.496 e. The van der Waals surface area contributed by atoms with E-state index >= 15 is 0 Å². The van der Waals surface area contributed by atoms with Crippen LogP contribution in [0, 0.1) is 5.82 Å². The summed E-state index contributed by atoms with van der Waals surface area (Å²) in [6.45, 7) is 2.92. The van der Waals surface area contributed by atoms with E-state index in [1.807, 2.05) is 7.05 Å². The molecule has 1 N–H and O–H groups in total. The van der Waals surface area contributed by atoms with Crippen molar-refractivity contribution in [2.75, 3.05) is 40.9 Å². The third kappa shape index (κ3) is 3.93. The van der Waals surface area contributed by atoms with Crippen LogP contribution in [0.25, 0.3) is 0 Å². The van der Waals surface area contributed by atoms with Crippen molar-refractivity contribution in [2.45, 2.75) is 25.0 Å². The van der Waals surface area contributed by atoms with Crippen molar-refractivity contribution < 1.29 is 13.9 Å². The molecule has 5 heteroatoms. The molecule has 1 aromatic rings. The highest BCUT2D eigenvalue weighted by atomic mass is 19.1. The van der Waals surface area contributed by atoms with E-state index in [2.05, 4.69) is 10.2 Å². The van der Waals surface area contributed by atoms with E-state index in [0.29, 0.717) is 17.4 Å². The number of nitrogens with zero attached hydrogens (tertiary/aromatic N) is 1. The van der Waals surface area contributed by atoms with Gasteiger partial charge in [0.05, 0.1) is 13.2 Å². The first-order valence-corrected chi connectivity index (χ1v) is 7.44. The first-order valence-electron chi connectivity index (χ1n) is 7.44. The molecule has 1 aliphatic heterocycles. The summed E-state index contributed by atoms with van der Waals surface area (Å²) in [5.41, 5.74) is 0.616. The van der Waals surface area contributed by atoms with Crippen molar-refractivity contribution in [1.82, 2.24) is 10.2 Å². The number of benzene rings is 1. The molecule has 0 aliphatic carbocycles. The Kier molecular flexibility index (Phi) is 5.96. The SMILES string of the molecule is CNC(CCN1CCC(OC)C1)c1c(F)cccc1OC. The van der Waals surface area contributed by atoms with Crippen LogP contribution in [0.5, 0.6) is 5.75 Å². The molecule has 2 unspecified atom stereocenters. The summed E-state index contributed by atoms with van der Waals surface area (Å²) in [5, 5.41) is 3.21. The molecule has 2 rings (SSSR count). The summed E-state index contributed by atoms with van der Waals surface area (Å²) in [4.78, 5) is 2.37. The van der Waals surface area contributed by atoms with Gasteiger partial charge in [-0.3, -0.25) is 0 Å². The predicted octanol–water partition coefficient (Wildman–Crippen LogP) is 2.21. The van der Waals surface area contributed by atoms with Crippen LogP contribution in [0.4, 0.5) is 4.39 Å². The predicted molar refractivity (Wildman–Crippen MR) is 81.2 cm³/mol. The van der Waals surface area contributed by atoms with Gasteiger partial charge in [-0.25, -0.2) is 4.39 Å². The van der Waals surface area contributed by atoms with Crippen LogP contribution in [-0.4, -0.2) is 51.9 Å². The highest BCUT2D eigenvalue weighted by Crippen LogP contribution is 2.30. The Bertz CT molecular complexity index is 456. The lowest BCUT2D eigenvalue weighted by molar-refractivity contribution is 0.107. The lowest BCUT2D eigenvalue weighted by atomic mass is 10.0. The summed E-state index contributed by atoms with van der Waals surface area (Å²) < 4.78 is 24.8. The average Bonchev–Trinajstić information content (AvgIpc) is 2.97. The van der Waals surface area contributed by atoms with E-state index in [0.717, 1.165) is 32.5 Å². The van der Waals surface area contributed by atoms with Crippen molar-refractivity contribution in [3.05, 3.63) is 29.6 Å². The minimum atomic E-state index is -0.218. The van der Waals surface area contributed by atoms with Gasteiger partial charge in [-0.15, -0.1) is 0 Å². The summed E-state index contributed by atoms with van der Waals surface area (Å²) in [6, 6.07) is 4.91. The number of hydrogen-bond donors (Lipinski definition) is 1. The highest BCUT2D eigenvalue weighted by Gasteiger charge is 2.24. The molecule has 1 aliphatic rings. The van der Waals surface area contributed by atoms with Gasteiger partial charge in [0.15, 0.2) is 0 Å². The van der Waals surface area contributed by atoms with Crippen molar-refractivity contribution in [3.8, 4) is 5.75 Å². The molecule has 118 valence electrons. The van der Waals surface area contributed by atoms with Crippen molar-refractivity contribution in [2.24, 2.45) is 0 Å². The quantitative estimate of drug-likeness (QED) is 0.836. The Morgan fingerprint density at radius 1 is 1.43 bits per heavy atom. The van der Waals surface area contributed by atoms with Gasteiger partial charge in [0.1, 0.15) is 11.6 Å². The molecule has 1 saturated heterocycles. The normalized spacial score (nSPS) is 20.7. The molecule has 0 aromatic heterocycles. The molecular formula is C16H25FN2O2. The lowest BCUT2D eigenvalue weighted by Gasteiger charge is -2.23. The highest BCUT2D eigenvalue weighted by molar-refractivity contribution is 5.37. The second kappa shape index (κ2) is 7.73. The van der Waals surface area contributed by atoms with Crippen molar-refractivity contribution in [1.29, 1.82) is 0 Å². The van der Waals surface area contributed by atoms with Gasteiger partial charge in [0.2, 0.25) is 0 Å². The molecule has 0 saturated carbocycles. The van der Waals surface area contributed by atoms with Gasteiger partial charge in [-0.1, -0.05) is 6.07 Å². The summed E-state index contributed by atoms with van der Waals surface area (Å²) in [5.74, 6) is 0.385. The summed E-state index contributed by atoms with van der Waals surface area (Å²) in [7, 11) is 5.20. The van der Waals surface area contributed by atoms with Crippen LogP contribution in [0.1, 0.15) is 24.4 Å². The third-order valence-electron chi connectivity index (χ3n) is 4.23. The van der Waals surface area contributed by atoms with Crippen LogP contribution in [-0.2, 0) is 4.74 Å². The number of halogens is 1. The molecule has 1 aromatic carbocycles. The van der Waals surface area contributed by atoms with Gasteiger partial charge in [0.25, 0.3) is 0 Å². The molecule has 0 spiro atoms. The van der Waals surface area contributed by atoms with Crippen LogP contribution in [0.15, 0.2) is 18.2 Å². The van der Waals surface area contributed by atoms with Gasteiger partial charge >= 0.3 is 0 Å². The third-order valence-corrected chi connectivity index (χ3v) is 4.23. The smallest absolute Gasteiger partial charge is 0.131 e. The second-order valence-electron chi connectivity index (χ2n) is 5.43. The monoisotopic (exact) mass is 296 g/mol. The first-order chi connectivity index (χ1) is 10.2. The standard InChI is InChI=1S/C16H25FN2O2/c1-18-14(8-10-19-9-7-12(11-19)20-2)16-13(17)5-4-6-15(16)21-3/h4-6,12,14,18H,7-11H2,1-3H3. The van der Waals surface area contributed by atoms with Gasteiger partial charge in [-0.05, 0) is 32.0 Å². The van der Waals surface area contributed by atoms with Crippen LogP contribution in [0.3, 0.4) is 0 Å². The number of rotatable bonds is 7. The van der Waals surface area contributed by atoms with Crippen molar-refractivity contribution >= 4 is 0 Å². The first kappa shape index (κ1) is 16.2. The average molecular weight is 296 g/mol. The van der Waals surface area contributed by atoms with E-state index in [1.165, 1.54) is 6.07 Å². The molecule has 0 bridgehead atoms. The molecule has 21 heavy (non-hydrogen) atoms. The number of likely N-dealkylation sites (tertiary alicyclic amines) is 1. The summed E-state index contributed by atoms with van der Waals surface area (Å²) in [6.07, 6.45) is 2.24. The maximum atomic E-state index is 14.1. The Balaban J connectivity index is 2.00. The van der Waals surface area contributed by atoms with Gasteiger partial charge < -0.3 is 19.7 Å². The van der Waals surface area contributed by atoms with E-state index < -0.39 is 0 Å². The zero-order valence-electron chi connectivity index (χ0n) is 13.1. The second-order valence-corrected chi connectivity index (χ2v) is 5.43. The molecule has 0 amide bonds.